The van der Waals surface area contributed by atoms with E-state index < -0.39 is 0 Å². The Bertz CT molecular complexity index is 393. The van der Waals surface area contributed by atoms with Crippen molar-refractivity contribution in [1.82, 2.24) is 0 Å². The second-order valence-electron chi connectivity index (χ2n) is 5.72. The predicted molar refractivity (Wildman–Crippen MR) is 85.2 cm³/mol. The summed E-state index contributed by atoms with van der Waals surface area (Å²) in [6.07, 6.45) is 2.92. The first-order chi connectivity index (χ1) is 8.99. The SMILES string of the molecule is CCC=NCC(N)c1c(C(C)C)cccc1C(C)C. The van der Waals surface area contributed by atoms with Gasteiger partial charge in [-0.3, -0.25) is 4.99 Å². The summed E-state index contributed by atoms with van der Waals surface area (Å²) in [6, 6.07) is 6.56. The monoisotopic (exact) mass is 260 g/mol. The van der Waals surface area contributed by atoms with Crippen molar-refractivity contribution in [1.29, 1.82) is 0 Å². The molecule has 1 rings (SSSR count). The molecule has 1 aromatic rings. The molecule has 0 saturated carbocycles. The molecule has 0 amide bonds. The highest BCUT2D eigenvalue weighted by molar-refractivity contribution is 5.56. The third-order valence-corrected chi connectivity index (χ3v) is 3.40. The van der Waals surface area contributed by atoms with Gasteiger partial charge in [0.1, 0.15) is 0 Å². The highest BCUT2D eigenvalue weighted by Gasteiger charge is 2.18. The highest BCUT2D eigenvalue weighted by Crippen LogP contribution is 2.31. The van der Waals surface area contributed by atoms with E-state index in [1.54, 1.807) is 0 Å². The summed E-state index contributed by atoms with van der Waals surface area (Å²) < 4.78 is 0. The van der Waals surface area contributed by atoms with E-state index in [4.69, 9.17) is 5.73 Å². The van der Waals surface area contributed by atoms with Gasteiger partial charge in [0, 0.05) is 6.04 Å². The molecule has 0 heterocycles. The van der Waals surface area contributed by atoms with Crippen molar-refractivity contribution in [3.8, 4) is 0 Å². The van der Waals surface area contributed by atoms with Gasteiger partial charge in [0.25, 0.3) is 0 Å². The molecule has 19 heavy (non-hydrogen) atoms. The van der Waals surface area contributed by atoms with Crippen LogP contribution in [0.5, 0.6) is 0 Å². The summed E-state index contributed by atoms with van der Waals surface area (Å²) >= 11 is 0. The maximum Gasteiger partial charge on any atom is 0.0578 e. The zero-order chi connectivity index (χ0) is 14.4. The average molecular weight is 260 g/mol. The summed E-state index contributed by atoms with van der Waals surface area (Å²) in [5.41, 5.74) is 10.4. The molecule has 0 aliphatic carbocycles. The normalized spacial score (nSPS) is 13.7. The lowest BCUT2D eigenvalue weighted by Crippen LogP contribution is -2.19. The van der Waals surface area contributed by atoms with Crippen LogP contribution in [0.2, 0.25) is 0 Å². The van der Waals surface area contributed by atoms with Gasteiger partial charge in [0.15, 0.2) is 0 Å². The molecule has 0 aromatic heterocycles. The summed E-state index contributed by atoms with van der Waals surface area (Å²) in [7, 11) is 0. The van der Waals surface area contributed by atoms with Gasteiger partial charge < -0.3 is 5.73 Å². The van der Waals surface area contributed by atoms with Crippen molar-refractivity contribution >= 4 is 6.21 Å². The molecule has 1 aromatic carbocycles. The molecule has 0 fully saturated rings. The van der Waals surface area contributed by atoms with E-state index in [1.807, 2.05) is 6.21 Å². The molecule has 2 heteroatoms. The summed E-state index contributed by atoms with van der Waals surface area (Å²) in [4.78, 5) is 4.42. The van der Waals surface area contributed by atoms with Crippen LogP contribution in [0.25, 0.3) is 0 Å². The van der Waals surface area contributed by atoms with Crippen molar-refractivity contribution in [3.05, 3.63) is 34.9 Å². The minimum Gasteiger partial charge on any atom is -0.322 e. The number of benzene rings is 1. The van der Waals surface area contributed by atoms with E-state index in [0.717, 1.165) is 6.42 Å². The lowest BCUT2D eigenvalue weighted by atomic mass is 9.85. The van der Waals surface area contributed by atoms with Crippen molar-refractivity contribution in [2.75, 3.05) is 6.54 Å². The van der Waals surface area contributed by atoms with E-state index in [1.165, 1.54) is 16.7 Å². The molecule has 0 aliphatic heterocycles. The first-order valence-corrected chi connectivity index (χ1v) is 7.35. The van der Waals surface area contributed by atoms with Crippen LogP contribution in [0, 0.1) is 0 Å². The quantitative estimate of drug-likeness (QED) is 0.756. The van der Waals surface area contributed by atoms with Gasteiger partial charge in [-0.1, -0.05) is 52.8 Å². The van der Waals surface area contributed by atoms with Crippen molar-refractivity contribution in [2.24, 2.45) is 10.7 Å². The molecule has 106 valence electrons. The topological polar surface area (TPSA) is 38.4 Å². The third-order valence-electron chi connectivity index (χ3n) is 3.40. The lowest BCUT2D eigenvalue weighted by molar-refractivity contribution is 0.687. The van der Waals surface area contributed by atoms with Crippen LogP contribution >= 0.6 is 0 Å². The molecule has 1 unspecified atom stereocenters. The van der Waals surface area contributed by atoms with Crippen LogP contribution in [0.3, 0.4) is 0 Å². The molecule has 0 bridgehead atoms. The summed E-state index contributed by atoms with van der Waals surface area (Å²) in [5.74, 6) is 0.991. The lowest BCUT2D eigenvalue weighted by Gasteiger charge is -2.23. The number of hydrogen-bond acceptors (Lipinski definition) is 2. The van der Waals surface area contributed by atoms with Gasteiger partial charge in [-0.15, -0.1) is 0 Å². The smallest absolute Gasteiger partial charge is 0.0578 e. The minimum absolute atomic E-state index is 0.00111. The summed E-state index contributed by atoms with van der Waals surface area (Å²) in [6.45, 7) is 11.7. The zero-order valence-corrected chi connectivity index (χ0v) is 13.0. The Morgan fingerprint density at radius 1 is 1.11 bits per heavy atom. The van der Waals surface area contributed by atoms with E-state index in [0.29, 0.717) is 18.4 Å². The standard InChI is InChI=1S/C17H28N2/c1-6-10-19-11-16(18)17-14(12(2)3)8-7-9-15(17)13(4)5/h7-10,12-13,16H,6,11,18H2,1-5H3. The Balaban J connectivity index is 3.16. The Labute approximate surface area is 118 Å². The first kappa shape index (κ1) is 15.9. The van der Waals surface area contributed by atoms with Crippen LogP contribution in [0.4, 0.5) is 0 Å². The Morgan fingerprint density at radius 2 is 1.63 bits per heavy atom. The fourth-order valence-corrected chi connectivity index (χ4v) is 2.45. The molecular weight excluding hydrogens is 232 g/mol. The molecule has 0 spiro atoms. The zero-order valence-electron chi connectivity index (χ0n) is 13.0. The molecular formula is C17H28N2. The average Bonchev–Trinajstić information content (AvgIpc) is 2.37. The van der Waals surface area contributed by atoms with Crippen molar-refractivity contribution in [3.63, 3.8) is 0 Å². The Kier molecular flexibility index (Phi) is 6.23. The van der Waals surface area contributed by atoms with Crippen LogP contribution < -0.4 is 5.73 Å². The van der Waals surface area contributed by atoms with E-state index >= 15 is 0 Å². The maximum absolute atomic E-state index is 6.40. The minimum atomic E-state index is -0.00111. The third kappa shape index (κ3) is 4.17. The number of nitrogens with zero attached hydrogens (tertiary/aromatic N) is 1. The van der Waals surface area contributed by atoms with Crippen LogP contribution in [0.15, 0.2) is 23.2 Å². The number of aliphatic imine (C=N–C) groups is 1. The van der Waals surface area contributed by atoms with Crippen molar-refractivity contribution < 1.29 is 0 Å². The maximum atomic E-state index is 6.40. The van der Waals surface area contributed by atoms with Gasteiger partial charge in [-0.05, 0) is 41.2 Å². The second-order valence-corrected chi connectivity index (χ2v) is 5.72. The molecule has 1 atom stereocenters. The molecule has 0 saturated heterocycles. The summed E-state index contributed by atoms with van der Waals surface area (Å²) in [5, 5.41) is 0. The molecule has 2 N–H and O–H groups in total. The highest BCUT2D eigenvalue weighted by atomic mass is 14.8. The van der Waals surface area contributed by atoms with Crippen LogP contribution in [-0.4, -0.2) is 12.8 Å². The fourth-order valence-electron chi connectivity index (χ4n) is 2.45. The second kappa shape index (κ2) is 7.44. The number of nitrogens with two attached hydrogens (primary N) is 1. The van der Waals surface area contributed by atoms with Gasteiger partial charge in [0.05, 0.1) is 6.54 Å². The Hall–Kier alpha value is -1.15. The van der Waals surface area contributed by atoms with E-state index in [9.17, 15) is 0 Å². The van der Waals surface area contributed by atoms with Crippen LogP contribution in [-0.2, 0) is 0 Å². The van der Waals surface area contributed by atoms with Crippen molar-refractivity contribution in [2.45, 2.75) is 58.9 Å². The predicted octanol–water partition coefficient (Wildman–Crippen LogP) is 4.41. The molecule has 0 radical (unpaired) electrons. The van der Waals surface area contributed by atoms with Gasteiger partial charge >= 0.3 is 0 Å². The van der Waals surface area contributed by atoms with Gasteiger partial charge in [-0.25, -0.2) is 0 Å². The van der Waals surface area contributed by atoms with E-state index in [2.05, 4.69) is 57.8 Å². The molecule has 0 aliphatic rings. The number of rotatable bonds is 6. The Morgan fingerprint density at radius 3 is 2.05 bits per heavy atom. The number of hydrogen-bond donors (Lipinski definition) is 1. The fraction of sp³-hybridized carbons (Fsp3) is 0.588. The van der Waals surface area contributed by atoms with Crippen LogP contribution in [0.1, 0.15) is 75.6 Å². The van der Waals surface area contributed by atoms with E-state index in [-0.39, 0.29) is 6.04 Å². The first-order valence-electron chi connectivity index (χ1n) is 7.35. The largest absolute Gasteiger partial charge is 0.322 e. The van der Waals surface area contributed by atoms with Gasteiger partial charge in [0.2, 0.25) is 0 Å². The molecule has 2 nitrogen and oxygen atoms in total. The van der Waals surface area contributed by atoms with Gasteiger partial charge in [-0.2, -0.15) is 0 Å².